The van der Waals surface area contributed by atoms with E-state index in [1.165, 1.54) is 12.8 Å². The molecule has 0 bridgehead atoms. The lowest BCUT2D eigenvalue weighted by Gasteiger charge is -2.42. The Labute approximate surface area is 213 Å². The average Bonchev–Trinajstić information content (AvgIpc) is 3.56. The lowest BCUT2D eigenvalue weighted by atomic mass is 9.90. The number of nitriles is 1. The third-order valence-electron chi connectivity index (χ3n) is 7.56. The molecule has 3 aromatic heterocycles. The van der Waals surface area contributed by atoms with E-state index in [2.05, 4.69) is 16.5 Å². The third-order valence-corrected chi connectivity index (χ3v) is 7.56. The second kappa shape index (κ2) is 8.66. The van der Waals surface area contributed by atoms with Crippen LogP contribution in [0.2, 0.25) is 0 Å². The van der Waals surface area contributed by atoms with Gasteiger partial charge in [0.15, 0.2) is 5.75 Å². The molecule has 2 amide bonds. The zero-order valence-electron chi connectivity index (χ0n) is 20.9. The first-order chi connectivity index (χ1) is 17.9. The molecule has 1 N–H and O–H groups in total. The number of aryl methyl sites for hydroxylation is 2. The number of rotatable bonds is 6. The Hall–Kier alpha value is -4.32. The van der Waals surface area contributed by atoms with E-state index in [1.807, 2.05) is 19.9 Å². The number of hydrogen-bond donors (Lipinski definition) is 1. The molecule has 4 heterocycles. The molecule has 2 fully saturated rings. The van der Waals surface area contributed by atoms with Crippen molar-refractivity contribution in [3.05, 3.63) is 59.1 Å². The Morgan fingerprint density at radius 3 is 2.81 bits per heavy atom. The van der Waals surface area contributed by atoms with Gasteiger partial charge in [0.05, 0.1) is 29.3 Å². The Bertz CT molecular complexity index is 1610. The van der Waals surface area contributed by atoms with Crippen LogP contribution in [0.5, 0.6) is 11.5 Å². The molecule has 0 radical (unpaired) electrons. The number of nitrogens with zero attached hydrogens (tertiary/aromatic N) is 4. The molecule has 1 aromatic carbocycles. The summed E-state index contributed by atoms with van der Waals surface area (Å²) in [5.74, 6) is 1.87. The number of aromatic nitrogens is 2. The molecule has 1 aliphatic heterocycles. The van der Waals surface area contributed by atoms with Gasteiger partial charge in [-0.25, -0.2) is 4.52 Å². The number of ether oxygens (including phenoxy) is 1. The first-order valence-electron chi connectivity index (χ1n) is 12.5. The molecule has 188 valence electrons. The standard InChI is InChI=1S/C28H27N5O4/c1-15-22(28(35)32-13-19(11-29)16(32)2)14-33-26(15)23(8-9-31-33)37-20-6-7-21-24(10-20)36-17(3)25(21)27(34)30-12-18-4-5-18/h6-10,14,16,18-19H,4-5,12-13H2,1-3H3,(H,30,34). The fraction of sp³-hybridized carbons (Fsp3) is 0.357. The van der Waals surface area contributed by atoms with Crippen LogP contribution in [0.1, 0.15) is 51.8 Å². The van der Waals surface area contributed by atoms with Crippen molar-refractivity contribution in [3.63, 3.8) is 0 Å². The number of nitrogens with one attached hydrogen (secondary N) is 1. The molecule has 2 aliphatic rings. The molecule has 1 saturated heterocycles. The topological polar surface area (TPSA) is 113 Å². The highest BCUT2D eigenvalue weighted by Gasteiger charge is 2.40. The van der Waals surface area contributed by atoms with Crippen LogP contribution in [0.3, 0.4) is 0 Å². The van der Waals surface area contributed by atoms with Gasteiger partial charge in [-0.15, -0.1) is 0 Å². The molecular formula is C28H27N5O4. The first-order valence-corrected chi connectivity index (χ1v) is 12.5. The number of carbonyl (C=O) groups is 2. The first kappa shape index (κ1) is 23.1. The number of amides is 2. The summed E-state index contributed by atoms with van der Waals surface area (Å²) in [7, 11) is 0. The Balaban J connectivity index is 1.28. The van der Waals surface area contributed by atoms with Crippen molar-refractivity contribution >= 4 is 28.3 Å². The van der Waals surface area contributed by atoms with Crippen LogP contribution in [-0.4, -0.2) is 45.5 Å². The summed E-state index contributed by atoms with van der Waals surface area (Å²) in [6.45, 7) is 6.68. The number of furan rings is 1. The molecule has 37 heavy (non-hydrogen) atoms. The summed E-state index contributed by atoms with van der Waals surface area (Å²) in [5.41, 5.74) is 3.10. The molecule has 9 heteroatoms. The number of carbonyl (C=O) groups excluding carboxylic acids is 2. The fourth-order valence-electron chi connectivity index (χ4n) is 5.02. The zero-order chi connectivity index (χ0) is 25.8. The summed E-state index contributed by atoms with van der Waals surface area (Å²) < 4.78 is 13.8. The molecule has 1 aliphatic carbocycles. The van der Waals surface area contributed by atoms with Crippen molar-refractivity contribution in [2.75, 3.05) is 13.1 Å². The lowest BCUT2D eigenvalue weighted by molar-refractivity contribution is 0.0358. The summed E-state index contributed by atoms with van der Waals surface area (Å²) in [4.78, 5) is 27.6. The second-order valence-corrected chi connectivity index (χ2v) is 10.0. The fourth-order valence-corrected chi connectivity index (χ4v) is 5.02. The van der Waals surface area contributed by atoms with Gasteiger partial charge in [-0.05, 0) is 57.2 Å². The van der Waals surface area contributed by atoms with Gasteiger partial charge in [0.25, 0.3) is 11.8 Å². The number of benzene rings is 1. The second-order valence-electron chi connectivity index (χ2n) is 10.0. The van der Waals surface area contributed by atoms with Crippen LogP contribution in [0.25, 0.3) is 16.5 Å². The molecule has 0 spiro atoms. The predicted octanol–water partition coefficient (Wildman–Crippen LogP) is 4.61. The minimum atomic E-state index is -0.136. The highest BCUT2D eigenvalue weighted by atomic mass is 16.5. The monoisotopic (exact) mass is 497 g/mol. The van der Waals surface area contributed by atoms with Gasteiger partial charge in [0.1, 0.15) is 22.6 Å². The van der Waals surface area contributed by atoms with Crippen LogP contribution >= 0.6 is 0 Å². The smallest absolute Gasteiger partial charge is 0.256 e. The molecule has 2 unspecified atom stereocenters. The van der Waals surface area contributed by atoms with Gasteiger partial charge in [-0.2, -0.15) is 10.4 Å². The third kappa shape index (κ3) is 3.89. The van der Waals surface area contributed by atoms with Gasteiger partial charge in [0, 0.05) is 42.8 Å². The van der Waals surface area contributed by atoms with Crippen molar-refractivity contribution in [2.45, 2.75) is 39.7 Å². The SMILES string of the molecule is Cc1oc2cc(Oc3ccnn4cc(C(=O)N5CC(C#N)C5C)c(C)c34)ccc2c1C(=O)NCC1CC1. The van der Waals surface area contributed by atoms with Crippen LogP contribution in [0.4, 0.5) is 0 Å². The lowest BCUT2D eigenvalue weighted by Crippen LogP contribution is -2.56. The normalized spacial score (nSPS) is 19.0. The van der Waals surface area contributed by atoms with Gasteiger partial charge in [0.2, 0.25) is 0 Å². The van der Waals surface area contributed by atoms with E-state index in [1.54, 1.807) is 46.9 Å². The van der Waals surface area contributed by atoms with Crippen molar-refractivity contribution in [1.29, 1.82) is 5.26 Å². The molecule has 9 nitrogen and oxygen atoms in total. The maximum atomic E-state index is 13.2. The number of hydrogen-bond acceptors (Lipinski definition) is 6. The number of fused-ring (bicyclic) bond motifs is 2. The maximum absolute atomic E-state index is 13.2. The van der Waals surface area contributed by atoms with E-state index >= 15 is 0 Å². The summed E-state index contributed by atoms with van der Waals surface area (Å²) >= 11 is 0. The molecule has 6 rings (SSSR count). The summed E-state index contributed by atoms with van der Waals surface area (Å²) in [5, 5.41) is 17.3. The van der Waals surface area contributed by atoms with Gasteiger partial charge in [-0.3, -0.25) is 9.59 Å². The van der Waals surface area contributed by atoms with E-state index in [0.29, 0.717) is 58.5 Å². The van der Waals surface area contributed by atoms with Gasteiger partial charge >= 0.3 is 0 Å². The summed E-state index contributed by atoms with van der Waals surface area (Å²) in [6, 6.07) is 9.29. The Morgan fingerprint density at radius 2 is 2.08 bits per heavy atom. The van der Waals surface area contributed by atoms with Crippen molar-refractivity contribution < 1.29 is 18.7 Å². The van der Waals surface area contributed by atoms with E-state index in [9.17, 15) is 14.9 Å². The molecular weight excluding hydrogens is 470 g/mol. The van der Waals surface area contributed by atoms with E-state index in [4.69, 9.17) is 9.15 Å². The van der Waals surface area contributed by atoms with E-state index in [-0.39, 0.29) is 23.8 Å². The van der Waals surface area contributed by atoms with Gasteiger partial charge < -0.3 is 19.4 Å². The van der Waals surface area contributed by atoms with E-state index in [0.717, 1.165) is 10.9 Å². The average molecular weight is 498 g/mol. The van der Waals surface area contributed by atoms with Crippen LogP contribution in [0, 0.1) is 37.0 Å². The van der Waals surface area contributed by atoms with Crippen LogP contribution in [-0.2, 0) is 0 Å². The van der Waals surface area contributed by atoms with E-state index < -0.39 is 0 Å². The minimum Gasteiger partial charge on any atom is -0.460 e. The maximum Gasteiger partial charge on any atom is 0.256 e. The van der Waals surface area contributed by atoms with Crippen molar-refractivity contribution in [3.8, 4) is 17.6 Å². The zero-order valence-corrected chi connectivity index (χ0v) is 20.9. The quantitative estimate of drug-likeness (QED) is 0.416. The van der Waals surface area contributed by atoms with Crippen LogP contribution in [0.15, 0.2) is 41.1 Å². The van der Waals surface area contributed by atoms with Crippen molar-refractivity contribution in [2.24, 2.45) is 11.8 Å². The Kier molecular flexibility index (Phi) is 5.41. The predicted molar refractivity (Wildman–Crippen MR) is 136 cm³/mol. The van der Waals surface area contributed by atoms with Gasteiger partial charge in [-0.1, -0.05) is 0 Å². The minimum absolute atomic E-state index is 0.118. The number of likely N-dealkylation sites (tertiary alicyclic amines) is 1. The molecule has 4 aromatic rings. The summed E-state index contributed by atoms with van der Waals surface area (Å²) in [6.07, 6.45) is 5.66. The highest BCUT2D eigenvalue weighted by Crippen LogP contribution is 2.35. The van der Waals surface area contributed by atoms with Crippen molar-refractivity contribution in [1.82, 2.24) is 19.8 Å². The van der Waals surface area contributed by atoms with Crippen LogP contribution < -0.4 is 10.1 Å². The highest BCUT2D eigenvalue weighted by molar-refractivity contribution is 6.07. The largest absolute Gasteiger partial charge is 0.460 e. The molecule has 1 saturated carbocycles. The Morgan fingerprint density at radius 1 is 1.27 bits per heavy atom. The molecule has 2 atom stereocenters.